The third-order valence-corrected chi connectivity index (χ3v) is 3.05. The maximum atomic E-state index is 13.4. The molecule has 0 fully saturated rings. The Bertz CT molecular complexity index is 676. The summed E-state index contributed by atoms with van der Waals surface area (Å²) in [6.07, 6.45) is 0.940. The Morgan fingerprint density at radius 2 is 2.05 bits per heavy atom. The molecule has 3 N–H and O–H groups in total. The molecular weight excluding hydrogens is 309 g/mol. The van der Waals surface area contributed by atoms with Gasteiger partial charge in [-0.2, -0.15) is 0 Å². The smallest absolute Gasteiger partial charge is 0.338 e. The van der Waals surface area contributed by atoms with Crippen LogP contribution in [0.2, 0.25) is 0 Å². The van der Waals surface area contributed by atoms with Gasteiger partial charge in [-0.05, 0) is 6.07 Å². The van der Waals surface area contributed by atoms with Crippen molar-refractivity contribution in [2.24, 2.45) is 0 Å². The molecule has 1 aromatic carbocycles. The van der Waals surface area contributed by atoms with E-state index in [0.29, 0.717) is 6.07 Å². The number of nitrogens with zero attached hydrogens (tertiary/aromatic N) is 1. The third kappa shape index (κ3) is 4.96. The topological polar surface area (TPSA) is 139 Å². The minimum Gasteiger partial charge on any atom is -0.478 e. The molecule has 0 bridgehead atoms. The molecule has 11 heteroatoms. The molecule has 116 valence electrons. The fourth-order valence-electron chi connectivity index (χ4n) is 1.45. The molecule has 0 amide bonds. The molecule has 21 heavy (non-hydrogen) atoms. The van der Waals surface area contributed by atoms with Gasteiger partial charge >= 0.3 is 5.97 Å². The van der Waals surface area contributed by atoms with E-state index in [0.717, 1.165) is 12.3 Å². The van der Waals surface area contributed by atoms with E-state index in [-0.39, 0.29) is 18.8 Å². The lowest BCUT2D eigenvalue weighted by atomic mass is 10.1. The van der Waals surface area contributed by atoms with Crippen LogP contribution in [0.25, 0.3) is 0 Å². The zero-order chi connectivity index (χ0) is 16.2. The number of hydrogen-bond acceptors (Lipinski definition) is 6. The molecule has 0 saturated heterocycles. The van der Waals surface area contributed by atoms with Crippen LogP contribution >= 0.6 is 0 Å². The number of carboxylic acid groups (broad SMARTS) is 1. The third-order valence-electron chi connectivity index (χ3n) is 2.32. The van der Waals surface area contributed by atoms with Crippen molar-refractivity contribution in [3.8, 4) is 0 Å². The van der Waals surface area contributed by atoms with Gasteiger partial charge in [-0.3, -0.25) is 10.1 Å². The molecule has 0 aliphatic rings. The van der Waals surface area contributed by atoms with Gasteiger partial charge in [-0.1, -0.05) is 0 Å². The van der Waals surface area contributed by atoms with Crippen molar-refractivity contribution in [2.75, 3.05) is 24.7 Å². The summed E-state index contributed by atoms with van der Waals surface area (Å²) < 4.78 is 37.2. The lowest BCUT2D eigenvalue weighted by molar-refractivity contribution is -0.384. The first-order chi connectivity index (χ1) is 9.61. The fourth-order valence-corrected chi connectivity index (χ4v) is 1.93. The van der Waals surface area contributed by atoms with Gasteiger partial charge in [-0.25, -0.2) is 22.3 Å². The van der Waals surface area contributed by atoms with Gasteiger partial charge in [0.05, 0.1) is 22.8 Å². The molecule has 0 aromatic heterocycles. The van der Waals surface area contributed by atoms with Gasteiger partial charge < -0.3 is 10.4 Å². The Kier molecular flexibility index (Phi) is 5.16. The molecule has 0 aliphatic carbocycles. The van der Waals surface area contributed by atoms with Gasteiger partial charge in [0.2, 0.25) is 10.0 Å². The normalized spacial score (nSPS) is 11.1. The van der Waals surface area contributed by atoms with Crippen molar-refractivity contribution in [3.63, 3.8) is 0 Å². The van der Waals surface area contributed by atoms with E-state index in [2.05, 4.69) is 10.0 Å². The number of rotatable bonds is 7. The summed E-state index contributed by atoms with van der Waals surface area (Å²) in [4.78, 5) is 20.7. The van der Waals surface area contributed by atoms with E-state index in [1.54, 1.807) is 0 Å². The van der Waals surface area contributed by atoms with Gasteiger partial charge in [-0.15, -0.1) is 0 Å². The van der Waals surface area contributed by atoms with E-state index >= 15 is 0 Å². The van der Waals surface area contributed by atoms with Crippen molar-refractivity contribution < 1.29 is 27.6 Å². The van der Waals surface area contributed by atoms with E-state index in [4.69, 9.17) is 5.11 Å². The SMILES string of the molecule is CS(=O)(=O)NCCNc1cc(C(=O)O)c(F)cc1[N+](=O)[O-]. The number of carbonyl (C=O) groups is 1. The minimum absolute atomic E-state index is 0.0431. The highest BCUT2D eigenvalue weighted by Crippen LogP contribution is 2.27. The number of carboxylic acids is 1. The van der Waals surface area contributed by atoms with Crippen molar-refractivity contribution in [1.29, 1.82) is 0 Å². The quantitative estimate of drug-likeness (QED) is 0.375. The van der Waals surface area contributed by atoms with Gasteiger partial charge in [0.25, 0.3) is 5.69 Å². The maximum Gasteiger partial charge on any atom is 0.338 e. The van der Waals surface area contributed by atoms with Crippen LogP contribution < -0.4 is 10.0 Å². The molecule has 0 atom stereocenters. The summed E-state index contributed by atoms with van der Waals surface area (Å²) in [6.45, 7) is -0.117. The molecule has 0 radical (unpaired) electrons. The lowest BCUT2D eigenvalue weighted by Gasteiger charge is -2.09. The monoisotopic (exact) mass is 321 g/mol. The van der Waals surface area contributed by atoms with Crippen LogP contribution in [0.4, 0.5) is 15.8 Å². The predicted octanol–water partition coefficient (Wildman–Crippen LogP) is 0.393. The molecule has 1 rings (SSSR count). The average molecular weight is 321 g/mol. The largest absolute Gasteiger partial charge is 0.478 e. The molecular formula is C10H12FN3O6S. The number of halogens is 1. The molecule has 0 spiro atoms. The van der Waals surface area contributed by atoms with Gasteiger partial charge in [0.15, 0.2) is 0 Å². The summed E-state index contributed by atoms with van der Waals surface area (Å²) >= 11 is 0. The molecule has 0 saturated carbocycles. The summed E-state index contributed by atoms with van der Waals surface area (Å²) in [7, 11) is -3.41. The van der Waals surface area contributed by atoms with Crippen LogP contribution in [0.1, 0.15) is 10.4 Å². The van der Waals surface area contributed by atoms with Crippen LogP contribution in [0.15, 0.2) is 12.1 Å². The summed E-state index contributed by atoms with van der Waals surface area (Å²) in [5, 5.41) is 22.0. The first kappa shape index (κ1) is 16.8. The lowest BCUT2D eigenvalue weighted by Crippen LogP contribution is -2.27. The molecule has 0 heterocycles. The number of aromatic carboxylic acids is 1. The molecule has 0 aliphatic heterocycles. The predicted molar refractivity (Wildman–Crippen MR) is 71.3 cm³/mol. The second kappa shape index (κ2) is 6.45. The standard InChI is InChI=1S/C10H12FN3O6S/c1-21(19,20)13-3-2-12-8-4-6(10(15)16)7(11)5-9(8)14(17)18/h4-5,12-13H,2-3H2,1H3,(H,15,16). The van der Waals surface area contributed by atoms with E-state index in [9.17, 15) is 27.7 Å². The summed E-state index contributed by atoms with van der Waals surface area (Å²) in [5.74, 6) is -2.80. The fraction of sp³-hybridized carbons (Fsp3) is 0.300. The number of nitro benzene ring substituents is 1. The maximum absolute atomic E-state index is 13.4. The Hall–Kier alpha value is -2.27. The number of nitrogens with one attached hydrogen (secondary N) is 2. The molecule has 0 unspecified atom stereocenters. The van der Waals surface area contributed by atoms with Gasteiger partial charge in [0.1, 0.15) is 11.5 Å². The van der Waals surface area contributed by atoms with Gasteiger partial charge in [0, 0.05) is 13.1 Å². The highest BCUT2D eigenvalue weighted by atomic mass is 32.2. The zero-order valence-electron chi connectivity index (χ0n) is 10.8. The van der Waals surface area contributed by atoms with Crippen LogP contribution in [-0.4, -0.2) is 43.8 Å². The Labute approximate surface area is 119 Å². The van der Waals surface area contributed by atoms with Crippen LogP contribution in [0.5, 0.6) is 0 Å². The van der Waals surface area contributed by atoms with Crippen LogP contribution in [0.3, 0.4) is 0 Å². The Balaban J connectivity index is 2.95. The minimum atomic E-state index is -3.41. The summed E-state index contributed by atoms with van der Waals surface area (Å²) in [5.41, 5.74) is -1.58. The van der Waals surface area contributed by atoms with Crippen LogP contribution in [-0.2, 0) is 10.0 Å². The van der Waals surface area contributed by atoms with Crippen molar-refractivity contribution in [3.05, 3.63) is 33.6 Å². The van der Waals surface area contributed by atoms with Crippen molar-refractivity contribution in [1.82, 2.24) is 4.72 Å². The van der Waals surface area contributed by atoms with E-state index < -0.39 is 38.0 Å². The first-order valence-electron chi connectivity index (χ1n) is 5.51. The highest BCUT2D eigenvalue weighted by molar-refractivity contribution is 7.88. The first-order valence-corrected chi connectivity index (χ1v) is 7.40. The highest BCUT2D eigenvalue weighted by Gasteiger charge is 2.21. The van der Waals surface area contributed by atoms with Crippen molar-refractivity contribution in [2.45, 2.75) is 0 Å². The second-order valence-corrected chi connectivity index (χ2v) is 5.84. The van der Waals surface area contributed by atoms with E-state index in [1.807, 2.05) is 0 Å². The Morgan fingerprint density at radius 1 is 1.43 bits per heavy atom. The number of benzene rings is 1. The van der Waals surface area contributed by atoms with Crippen molar-refractivity contribution >= 4 is 27.4 Å². The number of anilines is 1. The number of hydrogen-bond donors (Lipinski definition) is 3. The zero-order valence-corrected chi connectivity index (χ0v) is 11.6. The number of nitro groups is 1. The molecule has 9 nitrogen and oxygen atoms in total. The van der Waals surface area contributed by atoms with Crippen LogP contribution in [0, 0.1) is 15.9 Å². The second-order valence-electron chi connectivity index (χ2n) is 4.00. The summed E-state index contributed by atoms with van der Waals surface area (Å²) in [6, 6.07) is 1.28. The average Bonchev–Trinajstić information content (AvgIpc) is 2.33. The number of sulfonamides is 1. The molecule has 1 aromatic rings. The Morgan fingerprint density at radius 3 is 2.52 bits per heavy atom. The van der Waals surface area contributed by atoms with E-state index in [1.165, 1.54) is 0 Å².